The normalized spacial score (nSPS) is 25.0. The molecule has 2 rings (SSSR count). The lowest BCUT2D eigenvalue weighted by Gasteiger charge is -2.61. The minimum atomic E-state index is -2.03. The Morgan fingerprint density at radius 3 is 1.76 bits per heavy atom. The predicted octanol–water partition coefficient (Wildman–Crippen LogP) is 7.64. The highest BCUT2D eigenvalue weighted by Gasteiger charge is 2.72. The van der Waals surface area contributed by atoms with E-state index in [4.69, 9.17) is 23.4 Å². The summed E-state index contributed by atoms with van der Waals surface area (Å²) in [5, 5.41) is 0.188. The lowest BCUT2D eigenvalue weighted by atomic mass is 9.68. The van der Waals surface area contributed by atoms with Gasteiger partial charge in [0.05, 0.1) is 6.61 Å². The summed E-state index contributed by atoms with van der Waals surface area (Å²) in [5.41, 5.74) is -0.263. The first-order valence-corrected chi connectivity index (χ1v) is 17.8. The Hall–Kier alpha value is -0.706. The molecule has 1 aromatic carbocycles. The Bertz CT molecular complexity index is 828. The van der Waals surface area contributed by atoms with Crippen LogP contribution in [0, 0.1) is 5.41 Å². The topological polar surface area (TPSA) is 46.2 Å². The first-order valence-electron chi connectivity index (χ1n) is 12.0. The van der Waals surface area contributed by atoms with E-state index in [0.717, 1.165) is 11.3 Å². The molecule has 1 heterocycles. The summed E-state index contributed by atoms with van der Waals surface area (Å²) in [5.74, 6) is -0.264. The van der Waals surface area contributed by atoms with Crippen molar-refractivity contribution in [2.24, 2.45) is 5.41 Å². The van der Waals surface area contributed by atoms with Gasteiger partial charge in [0.25, 0.3) is 5.79 Å². The Morgan fingerprint density at radius 2 is 1.36 bits per heavy atom. The summed E-state index contributed by atoms with van der Waals surface area (Å²) in [7, 11) is -2.34. The third kappa shape index (κ3) is 5.00. The van der Waals surface area contributed by atoms with E-state index in [2.05, 4.69) is 88.5 Å². The van der Waals surface area contributed by atoms with Crippen LogP contribution < -0.4 is 4.43 Å². The summed E-state index contributed by atoms with van der Waals surface area (Å²) >= 11 is 0. The van der Waals surface area contributed by atoms with E-state index < -0.39 is 28.0 Å². The van der Waals surface area contributed by atoms with Crippen molar-refractivity contribution >= 4 is 16.6 Å². The number of hydrogen-bond donors (Lipinski definition) is 0. The number of ether oxygens (including phenoxy) is 1. The maximum atomic E-state index is 6.69. The number of methoxy groups -OCH3 is 1. The largest absolute Gasteiger partial charge is 0.543 e. The Balaban J connectivity index is 2.50. The molecule has 1 aliphatic rings. The third-order valence-corrected chi connectivity index (χ3v) is 17.0. The van der Waals surface area contributed by atoms with E-state index in [-0.39, 0.29) is 15.5 Å². The molecule has 1 fully saturated rings. The molecule has 0 aromatic heterocycles. The molecule has 190 valence electrons. The first kappa shape index (κ1) is 28.5. The highest BCUT2D eigenvalue weighted by atomic mass is 28.4. The van der Waals surface area contributed by atoms with Gasteiger partial charge in [0, 0.05) is 18.1 Å². The van der Waals surface area contributed by atoms with Gasteiger partial charge in [-0.1, -0.05) is 74.4 Å². The molecule has 0 spiro atoms. The molecule has 2 atom stereocenters. The van der Waals surface area contributed by atoms with Crippen LogP contribution in [0.4, 0.5) is 0 Å². The third-order valence-electron chi connectivity index (χ3n) is 8.17. The average molecular weight is 497 g/mol. The molecule has 0 saturated carbocycles. The molecule has 1 saturated heterocycles. The quantitative estimate of drug-likeness (QED) is 0.287. The predicted molar refractivity (Wildman–Crippen MR) is 140 cm³/mol. The van der Waals surface area contributed by atoms with E-state index in [1.165, 1.54) is 0 Å². The van der Waals surface area contributed by atoms with Crippen LogP contribution in [0.25, 0.3) is 0 Å². The molecule has 1 aromatic rings. The van der Waals surface area contributed by atoms with Crippen molar-refractivity contribution < 1.29 is 23.4 Å². The molecular formula is C26H48O5Si2. The molecule has 0 N–H and O–H groups in total. The van der Waals surface area contributed by atoms with Crippen molar-refractivity contribution in [2.45, 2.75) is 110 Å². The summed E-state index contributed by atoms with van der Waals surface area (Å²) in [6.07, 6.45) is 0. The van der Waals surface area contributed by atoms with Gasteiger partial charge in [-0.15, -0.1) is 0 Å². The van der Waals surface area contributed by atoms with Crippen LogP contribution in [-0.2, 0) is 24.7 Å². The van der Waals surface area contributed by atoms with Gasteiger partial charge in [-0.25, -0.2) is 4.89 Å². The van der Waals surface area contributed by atoms with E-state index in [1.54, 1.807) is 7.11 Å². The van der Waals surface area contributed by atoms with Crippen LogP contribution in [0.5, 0.6) is 5.75 Å². The SMILES string of the molecule is COC1(c2cccc(O[Si](C)(C)C(C)(C)C)c2)OOC1(CO[Si](C)(C)C(C)(C)C)C(C)(C)C. The number of hydrogen-bond acceptors (Lipinski definition) is 5. The zero-order chi connectivity index (χ0) is 25.7. The fourth-order valence-electron chi connectivity index (χ4n) is 3.48. The first-order chi connectivity index (χ1) is 14.7. The summed E-state index contributed by atoms with van der Waals surface area (Å²) < 4.78 is 19.4. The standard InChI is InChI=1S/C26H48O5Si2/c1-22(2,3)25(19-28-32(11,12)23(4,5)6)26(27-10,31-30-25)20-16-15-17-21(18-20)29-33(13,14)24(7,8)9/h15-18H,19H2,1-14H3. The van der Waals surface area contributed by atoms with E-state index in [0.29, 0.717) is 6.61 Å². The Labute approximate surface area is 204 Å². The maximum absolute atomic E-state index is 6.69. The van der Waals surface area contributed by atoms with Gasteiger partial charge in [0.1, 0.15) is 5.75 Å². The van der Waals surface area contributed by atoms with E-state index >= 15 is 0 Å². The van der Waals surface area contributed by atoms with Crippen LogP contribution in [0.1, 0.15) is 67.9 Å². The molecule has 7 heteroatoms. The van der Waals surface area contributed by atoms with Crippen molar-refractivity contribution in [3.05, 3.63) is 29.8 Å². The summed E-state index contributed by atoms with van der Waals surface area (Å²) in [6.45, 7) is 29.3. The van der Waals surface area contributed by atoms with Crippen LogP contribution in [0.2, 0.25) is 36.3 Å². The van der Waals surface area contributed by atoms with Gasteiger partial charge >= 0.3 is 0 Å². The van der Waals surface area contributed by atoms with Crippen LogP contribution in [0.15, 0.2) is 24.3 Å². The highest BCUT2D eigenvalue weighted by Crippen LogP contribution is 2.58. The lowest BCUT2D eigenvalue weighted by Crippen LogP contribution is -2.74. The van der Waals surface area contributed by atoms with Crippen molar-refractivity contribution in [1.29, 1.82) is 0 Å². The second-order valence-corrected chi connectivity index (χ2v) is 23.0. The Kier molecular flexibility index (Phi) is 7.56. The van der Waals surface area contributed by atoms with E-state index in [1.807, 2.05) is 24.3 Å². The van der Waals surface area contributed by atoms with Crippen LogP contribution >= 0.6 is 0 Å². The smallest absolute Gasteiger partial charge is 0.263 e. The van der Waals surface area contributed by atoms with Gasteiger partial charge in [-0.05, 0) is 48.4 Å². The van der Waals surface area contributed by atoms with Gasteiger partial charge < -0.3 is 13.6 Å². The van der Waals surface area contributed by atoms with Gasteiger partial charge in [-0.2, -0.15) is 4.89 Å². The summed E-state index contributed by atoms with van der Waals surface area (Å²) in [6, 6.07) is 8.08. The zero-order valence-corrected chi connectivity index (χ0v) is 25.6. The van der Waals surface area contributed by atoms with Crippen LogP contribution in [-0.4, -0.2) is 36.0 Å². The molecule has 1 aliphatic heterocycles. The fraction of sp³-hybridized carbons (Fsp3) is 0.769. The molecule has 0 radical (unpaired) electrons. The molecule has 33 heavy (non-hydrogen) atoms. The lowest BCUT2D eigenvalue weighted by molar-refractivity contribution is -0.636. The van der Waals surface area contributed by atoms with Crippen molar-refractivity contribution in [3.8, 4) is 5.75 Å². The van der Waals surface area contributed by atoms with Gasteiger partial charge in [0.2, 0.25) is 8.32 Å². The zero-order valence-electron chi connectivity index (χ0n) is 23.6. The molecule has 0 amide bonds. The fourth-order valence-corrected chi connectivity index (χ4v) is 5.50. The molecule has 2 unspecified atom stereocenters. The van der Waals surface area contributed by atoms with Crippen molar-refractivity contribution in [2.75, 3.05) is 13.7 Å². The molecule has 0 bridgehead atoms. The number of benzene rings is 1. The number of rotatable bonds is 7. The maximum Gasteiger partial charge on any atom is 0.263 e. The van der Waals surface area contributed by atoms with Gasteiger partial charge in [0.15, 0.2) is 13.9 Å². The Morgan fingerprint density at radius 1 is 0.818 bits per heavy atom. The molecule has 0 aliphatic carbocycles. The minimum absolute atomic E-state index is 0.0866. The second kappa shape index (κ2) is 8.75. The van der Waals surface area contributed by atoms with Crippen LogP contribution in [0.3, 0.4) is 0 Å². The summed E-state index contributed by atoms with van der Waals surface area (Å²) in [4.78, 5) is 11.9. The van der Waals surface area contributed by atoms with E-state index in [9.17, 15) is 0 Å². The average Bonchev–Trinajstić information content (AvgIpc) is 2.59. The van der Waals surface area contributed by atoms with Crippen molar-refractivity contribution in [3.63, 3.8) is 0 Å². The monoisotopic (exact) mass is 496 g/mol. The molecular weight excluding hydrogens is 448 g/mol. The van der Waals surface area contributed by atoms with Gasteiger partial charge in [-0.3, -0.25) is 0 Å². The minimum Gasteiger partial charge on any atom is -0.543 e. The molecule has 5 nitrogen and oxygen atoms in total. The second-order valence-electron chi connectivity index (χ2n) is 13.5. The highest BCUT2D eigenvalue weighted by molar-refractivity contribution is 6.75. The van der Waals surface area contributed by atoms with Crippen molar-refractivity contribution in [1.82, 2.24) is 0 Å².